The Kier molecular flexibility index (Phi) is 4.86. The minimum atomic E-state index is -0.375. The Labute approximate surface area is 104 Å². The summed E-state index contributed by atoms with van der Waals surface area (Å²) >= 11 is 11.6. The highest BCUT2D eigenvalue weighted by Gasteiger charge is 2.09. The zero-order valence-electron chi connectivity index (χ0n) is 8.96. The monoisotopic (exact) mass is 262 g/mol. The van der Waals surface area contributed by atoms with E-state index in [2.05, 4.69) is 5.32 Å². The number of benzene rings is 1. The summed E-state index contributed by atoms with van der Waals surface area (Å²) in [6, 6.07) is 4.47. The van der Waals surface area contributed by atoms with Gasteiger partial charge in [0.1, 0.15) is 0 Å². The maximum atomic E-state index is 11.5. The van der Waals surface area contributed by atoms with E-state index in [1.165, 1.54) is 7.05 Å². The van der Waals surface area contributed by atoms with Crippen molar-refractivity contribution in [3.8, 4) is 0 Å². The lowest BCUT2D eigenvalue weighted by atomic mass is 10.3. The Morgan fingerprint density at radius 2 is 2.12 bits per heavy atom. The number of carbonyl (C=O) groups excluding carboxylic acids is 1. The van der Waals surface area contributed by atoms with Gasteiger partial charge in [-0.1, -0.05) is 23.2 Å². The van der Waals surface area contributed by atoms with Gasteiger partial charge in [0.2, 0.25) is 0 Å². The van der Waals surface area contributed by atoms with Crippen LogP contribution in [0.4, 0.5) is 10.5 Å². The third-order valence-corrected chi connectivity index (χ3v) is 2.52. The zero-order valence-corrected chi connectivity index (χ0v) is 10.5. The molecule has 0 bridgehead atoms. The molecule has 1 aromatic carbocycles. The predicted octanol–water partition coefficient (Wildman–Crippen LogP) is 3.41. The number of halogens is 2. The number of amides is 2. The zero-order chi connectivity index (χ0) is 12.1. The van der Waals surface area contributed by atoms with Crippen LogP contribution in [0.15, 0.2) is 18.2 Å². The second kappa shape index (κ2) is 5.94. The van der Waals surface area contributed by atoms with Crippen molar-refractivity contribution in [3.63, 3.8) is 0 Å². The molecule has 88 valence electrons. The molecule has 0 aromatic heterocycles. The number of hydrogen-bond acceptors (Lipinski definition) is 2. The number of carbonyl (C=O) groups is 1. The molecule has 1 N–H and O–H groups in total. The Morgan fingerprint density at radius 1 is 1.44 bits per heavy atom. The highest BCUT2D eigenvalue weighted by atomic mass is 35.5. The summed E-state index contributed by atoms with van der Waals surface area (Å²) < 4.78 is 0. The van der Waals surface area contributed by atoms with E-state index in [0.717, 1.165) is 5.06 Å². The Bertz CT molecular complexity index is 385. The normalized spacial score (nSPS) is 10.0. The maximum absolute atomic E-state index is 11.5. The van der Waals surface area contributed by atoms with E-state index >= 15 is 0 Å². The largest absolute Gasteiger partial charge is 0.345 e. The van der Waals surface area contributed by atoms with Crippen LogP contribution in [0.25, 0.3) is 0 Å². The molecular weight excluding hydrogens is 251 g/mol. The van der Waals surface area contributed by atoms with Gasteiger partial charge < -0.3 is 5.32 Å². The van der Waals surface area contributed by atoms with Crippen molar-refractivity contribution in [2.45, 2.75) is 6.92 Å². The molecular formula is C10H12Cl2N2O2. The fourth-order valence-corrected chi connectivity index (χ4v) is 1.33. The highest BCUT2D eigenvalue weighted by molar-refractivity contribution is 6.42. The van der Waals surface area contributed by atoms with Crippen molar-refractivity contribution >= 4 is 34.9 Å². The van der Waals surface area contributed by atoms with Crippen molar-refractivity contribution in [3.05, 3.63) is 28.2 Å². The van der Waals surface area contributed by atoms with Gasteiger partial charge in [0.15, 0.2) is 0 Å². The number of rotatable bonds is 3. The minimum absolute atomic E-state index is 0.375. The van der Waals surface area contributed by atoms with E-state index in [1.807, 2.05) is 0 Å². The lowest BCUT2D eigenvalue weighted by molar-refractivity contribution is -0.0879. The first-order chi connectivity index (χ1) is 7.54. The molecule has 0 radical (unpaired) electrons. The number of hydrogen-bond donors (Lipinski definition) is 1. The standard InChI is InChI=1S/C10H12Cl2N2O2/c1-3-16-14(2)10(15)13-7-4-5-8(11)9(12)6-7/h4-6H,3H2,1-2H3,(H,13,15). The van der Waals surface area contributed by atoms with Gasteiger partial charge in [-0.05, 0) is 25.1 Å². The van der Waals surface area contributed by atoms with Gasteiger partial charge in [-0.3, -0.25) is 4.84 Å². The molecule has 0 fully saturated rings. The smallest absolute Gasteiger partial charge is 0.306 e. The van der Waals surface area contributed by atoms with Crippen LogP contribution < -0.4 is 5.32 Å². The molecule has 0 atom stereocenters. The minimum Gasteiger partial charge on any atom is -0.306 e. The van der Waals surface area contributed by atoms with Gasteiger partial charge in [-0.25, -0.2) is 9.86 Å². The summed E-state index contributed by atoms with van der Waals surface area (Å²) in [5, 5.41) is 4.56. The quantitative estimate of drug-likeness (QED) is 0.849. The van der Waals surface area contributed by atoms with Gasteiger partial charge in [-0.2, -0.15) is 0 Å². The van der Waals surface area contributed by atoms with Crippen LogP contribution in [-0.4, -0.2) is 24.7 Å². The molecule has 2 amide bonds. The first kappa shape index (κ1) is 13.1. The second-order valence-corrected chi connectivity index (χ2v) is 3.79. The van der Waals surface area contributed by atoms with Crippen molar-refractivity contribution < 1.29 is 9.63 Å². The molecule has 0 aliphatic rings. The lowest BCUT2D eigenvalue weighted by Crippen LogP contribution is -2.31. The molecule has 1 aromatic rings. The average molecular weight is 263 g/mol. The molecule has 6 heteroatoms. The molecule has 16 heavy (non-hydrogen) atoms. The number of nitrogens with zero attached hydrogens (tertiary/aromatic N) is 1. The highest BCUT2D eigenvalue weighted by Crippen LogP contribution is 2.25. The van der Waals surface area contributed by atoms with Crippen molar-refractivity contribution in [1.29, 1.82) is 0 Å². The Hall–Kier alpha value is -0.970. The SMILES string of the molecule is CCON(C)C(=O)Nc1ccc(Cl)c(Cl)c1. The van der Waals surface area contributed by atoms with Gasteiger partial charge in [-0.15, -0.1) is 0 Å². The van der Waals surface area contributed by atoms with Crippen LogP contribution in [0.3, 0.4) is 0 Å². The Morgan fingerprint density at radius 3 is 2.69 bits per heavy atom. The molecule has 0 aliphatic carbocycles. The lowest BCUT2D eigenvalue weighted by Gasteiger charge is -2.16. The van der Waals surface area contributed by atoms with Crippen molar-refractivity contribution in [2.75, 3.05) is 19.0 Å². The van der Waals surface area contributed by atoms with Gasteiger partial charge in [0.25, 0.3) is 0 Å². The predicted molar refractivity (Wildman–Crippen MR) is 64.9 cm³/mol. The molecule has 1 rings (SSSR count). The molecule has 0 saturated carbocycles. The van der Waals surface area contributed by atoms with Gasteiger partial charge >= 0.3 is 6.03 Å². The fourth-order valence-electron chi connectivity index (χ4n) is 1.03. The van der Waals surface area contributed by atoms with E-state index in [1.54, 1.807) is 25.1 Å². The molecule has 0 spiro atoms. The molecule has 4 nitrogen and oxygen atoms in total. The first-order valence-electron chi connectivity index (χ1n) is 4.67. The van der Waals surface area contributed by atoms with Crippen molar-refractivity contribution in [1.82, 2.24) is 5.06 Å². The Balaban J connectivity index is 2.66. The van der Waals surface area contributed by atoms with Gasteiger partial charge in [0, 0.05) is 12.7 Å². The average Bonchev–Trinajstić information content (AvgIpc) is 2.24. The van der Waals surface area contributed by atoms with Crippen LogP contribution in [0.5, 0.6) is 0 Å². The second-order valence-electron chi connectivity index (χ2n) is 2.97. The molecule has 0 unspecified atom stereocenters. The van der Waals surface area contributed by atoms with E-state index in [-0.39, 0.29) is 6.03 Å². The van der Waals surface area contributed by atoms with E-state index in [9.17, 15) is 4.79 Å². The van der Waals surface area contributed by atoms with Crippen LogP contribution in [-0.2, 0) is 4.84 Å². The van der Waals surface area contributed by atoms with Crippen LogP contribution >= 0.6 is 23.2 Å². The summed E-state index contributed by atoms with van der Waals surface area (Å²) in [5.74, 6) is 0. The third-order valence-electron chi connectivity index (χ3n) is 1.78. The van der Waals surface area contributed by atoms with Gasteiger partial charge in [0.05, 0.1) is 16.7 Å². The molecule has 0 aliphatic heterocycles. The number of hydroxylamine groups is 2. The number of anilines is 1. The molecule has 0 saturated heterocycles. The van der Waals surface area contributed by atoms with Crippen LogP contribution in [0, 0.1) is 0 Å². The maximum Gasteiger partial charge on any atom is 0.345 e. The summed E-state index contributed by atoms with van der Waals surface area (Å²) in [6.45, 7) is 2.22. The first-order valence-corrected chi connectivity index (χ1v) is 5.43. The number of urea groups is 1. The van der Waals surface area contributed by atoms with E-state index in [4.69, 9.17) is 28.0 Å². The van der Waals surface area contributed by atoms with Crippen LogP contribution in [0.1, 0.15) is 6.92 Å². The van der Waals surface area contributed by atoms with E-state index in [0.29, 0.717) is 22.3 Å². The summed E-state index contributed by atoms with van der Waals surface area (Å²) in [7, 11) is 1.52. The topological polar surface area (TPSA) is 41.6 Å². The fraction of sp³-hybridized carbons (Fsp3) is 0.300. The van der Waals surface area contributed by atoms with E-state index < -0.39 is 0 Å². The molecule has 0 heterocycles. The van der Waals surface area contributed by atoms with Crippen LogP contribution in [0.2, 0.25) is 10.0 Å². The summed E-state index contributed by atoms with van der Waals surface area (Å²) in [6.07, 6.45) is 0. The summed E-state index contributed by atoms with van der Waals surface area (Å²) in [4.78, 5) is 16.5. The third kappa shape index (κ3) is 3.56. The number of nitrogens with one attached hydrogen (secondary N) is 1. The summed E-state index contributed by atoms with van der Waals surface area (Å²) in [5.41, 5.74) is 0.561. The van der Waals surface area contributed by atoms with Crippen molar-refractivity contribution in [2.24, 2.45) is 0 Å².